The largest absolute Gasteiger partial charge is 0.458 e. The molecule has 0 bridgehead atoms. The van der Waals surface area contributed by atoms with E-state index in [-0.39, 0.29) is 12.4 Å². The van der Waals surface area contributed by atoms with Gasteiger partial charge in [-0.25, -0.2) is 9.59 Å². The normalized spacial score (nSPS) is 11.9. The van der Waals surface area contributed by atoms with E-state index in [0.29, 0.717) is 0 Å². The molecule has 0 radical (unpaired) electrons. The summed E-state index contributed by atoms with van der Waals surface area (Å²) in [5.74, 6) is -1.47. The first-order valence-corrected chi connectivity index (χ1v) is 4.72. The molecule has 0 saturated carbocycles. The van der Waals surface area contributed by atoms with Gasteiger partial charge in [0.15, 0.2) is 0 Å². The molecule has 76 valence electrons. The fourth-order valence-corrected chi connectivity index (χ4v) is 1.22. The molecule has 0 aromatic carbocycles. The van der Waals surface area contributed by atoms with Crippen molar-refractivity contribution >= 4 is 23.0 Å². The van der Waals surface area contributed by atoms with Crippen LogP contribution in [-0.2, 0) is 14.5 Å². The molecule has 13 heavy (non-hydrogen) atoms. The quantitative estimate of drug-likeness (QED) is 0.664. The average molecular weight is 210 g/mol. The number of hydrogen-bond donors (Lipinski definition) is 0. The summed E-state index contributed by atoms with van der Waals surface area (Å²) >= 11 is 0.824. The number of carbonyl (C=O) groups is 2. The minimum atomic E-state index is -0.975. The Bertz CT molecular complexity index is 185. The summed E-state index contributed by atoms with van der Waals surface area (Å²) in [4.78, 5) is 24.3. The van der Waals surface area contributed by atoms with Gasteiger partial charge in [0.1, 0.15) is 0 Å². The maximum absolute atomic E-state index is 11.3. The fourth-order valence-electron chi connectivity index (χ4n) is 0.497. The topological polar surface area (TPSA) is 52.6 Å². The molecule has 1 atom stereocenters. The first-order valence-electron chi connectivity index (χ1n) is 3.73. The van der Waals surface area contributed by atoms with Gasteiger partial charge in [0, 0.05) is 10.3 Å². The van der Waals surface area contributed by atoms with Crippen molar-refractivity contribution in [1.82, 2.24) is 0 Å². The number of hydrogen-bond acceptors (Lipinski definition) is 5. The van der Waals surface area contributed by atoms with Gasteiger partial charge < -0.3 is 4.74 Å². The maximum Gasteiger partial charge on any atom is 0.367 e. The summed E-state index contributed by atoms with van der Waals surface area (Å²) in [7, 11) is 0. The highest BCUT2D eigenvalue weighted by atomic mass is 32.2. The molecule has 6 heteroatoms. The molecule has 0 saturated heterocycles. The van der Waals surface area contributed by atoms with Crippen LogP contribution in [0.3, 0.4) is 0 Å². The van der Waals surface area contributed by atoms with E-state index < -0.39 is 17.2 Å². The predicted molar refractivity (Wildman–Crippen MR) is 45.8 cm³/mol. The second-order valence-corrected chi connectivity index (χ2v) is 3.25. The van der Waals surface area contributed by atoms with E-state index in [1.807, 2.05) is 0 Å². The molecule has 0 aliphatic rings. The second-order valence-electron chi connectivity index (χ2n) is 2.29. The number of thioether (sulfide) groups is 1. The van der Waals surface area contributed by atoms with Crippen molar-refractivity contribution in [2.45, 2.75) is 13.8 Å². The second kappa shape index (κ2) is 6.71. The van der Waals surface area contributed by atoms with Crippen LogP contribution >= 0.6 is 11.8 Å². The van der Waals surface area contributed by atoms with Gasteiger partial charge in [-0.3, -0.25) is 4.94 Å². The zero-order chi connectivity index (χ0) is 10.3. The van der Waals surface area contributed by atoms with Crippen LogP contribution in [0.15, 0.2) is 0 Å². The fraction of sp³-hybridized carbons (Fsp3) is 0.714. The number of carbonyl (C=O) groups excluding carboxylic acids is 2. The van der Waals surface area contributed by atoms with Crippen LogP contribution < -0.4 is 0 Å². The molecule has 0 N–H and O–H groups in total. The Labute approximate surface area is 79.7 Å². The molecule has 0 aliphatic heterocycles. The number of ether oxygens (including phenoxy) is 1. The van der Waals surface area contributed by atoms with Crippen LogP contribution in [0.4, 0.5) is 9.32 Å². The van der Waals surface area contributed by atoms with Crippen LogP contribution in [0.2, 0.25) is 0 Å². The van der Waals surface area contributed by atoms with E-state index in [0.717, 1.165) is 11.8 Å². The Morgan fingerprint density at radius 3 is 2.62 bits per heavy atom. The SMILES string of the molecule is CCOC(=O)SCC(C)C(=O)OF. The third-order valence-corrected chi connectivity index (χ3v) is 2.21. The lowest BCUT2D eigenvalue weighted by Crippen LogP contribution is -2.14. The summed E-state index contributed by atoms with van der Waals surface area (Å²) in [5.41, 5.74) is 0. The van der Waals surface area contributed by atoms with E-state index in [9.17, 15) is 14.1 Å². The van der Waals surface area contributed by atoms with Crippen LogP contribution in [0.1, 0.15) is 13.8 Å². The molecule has 1 unspecified atom stereocenters. The minimum absolute atomic E-state index is 0.154. The summed E-state index contributed by atoms with van der Waals surface area (Å²) in [6, 6.07) is 0. The van der Waals surface area contributed by atoms with Gasteiger partial charge in [-0.15, -0.1) is 0 Å². The molecule has 0 fully saturated rings. The first-order chi connectivity index (χ1) is 6.11. The zero-order valence-electron chi connectivity index (χ0n) is 7.41. The van der Waals surface area contributed by atoms with Gasteiger partial charge in [-0.2, -0.15) is 0 Å². The highest BCUT2D eigenvalue weighted by Crippen LogP contribution is 2.12. The predicted octanol–water partition coefficient (Wildman–Crippen LogP) is 1.94. The Morgan fingerprint density at radius 1 is 1.54 bits per heavy atom. The van der Waals surface area contributed by atoms with E-state index in [4.69, 9.17) is 0 Å². The van der Waals surface area contributed by atoms with Gasteiger partial charge in [0.05, 0.1) is 12.5 Å². The van der Waals surface area contributed by atoms with Gasteiger partial charge in [-0.1, -0.05) is 6.92 Å². The Morgan fingerprint density at radius 2 is 2.15 bits per heavy atom. The molecule has 0 spiro atoms. The average Bonchev–Trinajstić information content (AvgIpc) is 2.13. The van der Waals surface area contributed by atoms with Crippen molar-refractivity contribution in [3.63, 3.8) is 0 Å². The van der Waals surface area contributed by atoms with Crippen molar-refractivity contribution in [2.24, 2.45) is 5.92 Å². The van der Waals surface area contributed by atoms with Crippen molar-refractivity contribution in [2.75, 3.05) is 12.4 Å². The maximum atomic E-state index is 11.3. The molecule has 0 amide bonds. The molecular formula is C7H11FO4S. The molecule has 0 aromatic rings. The first kappa shape index (κ1) is 12.2. The van der Waals surface area contributed by atoms with Gasteiger partial charge in [-0.05, 0) is 18.7 Å². The summed E-state index contributed by atoms with van der Waals surface area (Å²) in [6.45, 7) is 3.43. The zero-order valence-corrected chi connectivity index (χ0v) is 8.23. The van der Waals surface area contributed by atoms with Crippen molar-refractivity contribution < 1.29 is 23.8 Å². The molecular weight excluding hydrogens is 199 g/mol. The van der Waals surface area contributed by atoms with Crippen molar-refractivity contribution in [1.29, 1.82) is 0 Å². The summed E-state index contributed by atoms with van der Waals surface area (Å²) in [6.07, 6.45) is 0. The van der Waals surface area contributed by atoms with Crippen LogP contribution in [0.25, 0.3) is 0 Å². The highest BCUT2D eigenvalue weighted by Gasteiger charge is 2.17. The lowest BCUT2D eigenvalue weighted by Gasteiger charge is -2.04. The number of rotatable bonds is 4. The Balaban J connectivity index is 3.63. The highest BCUT2D eigenvalue weighted by molar-refractivity contribution is 8.13. The molecule has 0 aromatic heterocycles. The van der Waals surface area contributed by atoms with Gasteiger partial charge >= 0.3 is 11.3 Å². The van der Waals surface area contributed by atoms with Crippen molar-refractivity contribution in [3.05, 3.63) is 0 Å². The summed E-state index contributed by atoms with van der Waals surface area (Å²) in [5, 5.41) is -0.471. The van der Waals surface area contributed by atoms with Crippen LogP contribution in [0.5, 0.6) is 0 Å². The third kappa shape index (κ3) is 5.46. The Kier molecular flexibility index (Phi) is 6.30. The molecule has 4 nitrogen and oxygen atoms in total. The Hall–Kier alpha value is -0.780. The monoisotopic (exact) mass is 210 g/mol. The van der Waals surface area contributed by atoms with Gasteiger partial charge in [0.2, 0.25) is 0 Å². The van der Waals surface area contributed by atoms with Crippen molar-refractivity contribution in [3.8, 4) is 0 Å². The minimum Gasteiger partial charge on any atom is -0.458 e. The molecule has 0 aliphatic carbocycles. The van der Waals surface area contributed by atoms with Gasteiger partial charge in [0.25, 0.3) is 0 Å². The lowest BCUT2D eigenvalue weighted by molar-refractivity contribution is -0.187. The van der Waals surface area contributed by atoms with E-state index in [1.54, 1.807) is 6.92 Å². The lowest BCUT2D eigenvalue weighted by atomic mass is 10.2. The molecule has 0 heterocycles. The number of halogens is 1. The van der Waals surface area contributed by atoms with E-state index in [2.05, 4.69) is 9.68 Å². The third-order valence-electron chi connectivity index (χ3n) is 1.19. The smallest absolute Gasteiger partial charge is 0.367 e. The van der Waals surface area contributed by atoms with E-state index >= 15 is 0 Å². The van der Waals surface area contributed by atoms with Crippen LogP contribution in [-0.4, -0.2) is 23.6 Å². The summed E-state index contributed by atoms with van der Waals surface area (Å²) < 4.78 is 15.9. The van der Waals surface area contributed by atoms with Crippen LogP contribution in [0, 0.1) is 5.92 Å². The van der Waals surface area contributed by atoms with E-state index in [1.165, 1.54) is 6.92 Å². The molecule has 0 rings (SSSR count). The standard InChI is InChI=1S/C7H11FO4S/c1-3-11-7(10)13-4-5(2)6(9)12-8/h5H,3-4H2,1-2H3.